The van der Waals surface area contributed by atoms with Crippen LogP contribution in [0.4, 0.5) is 17.1 Å². The Labute approximate surface area is 301 Å². The quantitative estimate of drug-likeness (QED) is 0.184. The van der Waals surface area contributed by atoms with Gasteiger partial charge in [-0.2, -0.15) is 0 Å². The lowest BCUT2D eigenvalue weighted by Crippen LogP contribution is -2.20. The van der Waals surface area contributed by atoms with Gasteiger partial charge in [-0.05, 0) is 90.6 Å². The predicted octanol–water partition coefficient (Wildman–Crippen LogP) is 11.7. The first-order valence-electron chi connectivity index (χ1n) is 17.2. The summed E-state index contributed by atoms with van der Waals surface area (Å²) in [5.74, 6) is 3.69. The van der Waals surface area contributed by atoms with Crippen molar-refractivity contribution in [1.82, 2.24) is 19.9 Å². The molecule has 0 fully saturated rings. The summed E-state index contributed by atoms with van der Waals surface area (Å²) in [6.45, 7) is 6.23. The van der Waals surface area contributed by atoms with Crippen molar-refractivity contribution in [2.45, 2.75) is 20.8 Å². The molecule has 250 valence electrons. The highest BCUT2D eigenvalue weighted by Gasteiger charge is 2.35. The van der Waals surface area contributed by atoms with E-state index >= 15 is 0 Å². The van der Waals surface area contributed by atoms with E-state index in [9.17, 15) is 0 Å². The van der Waals surface area contributed by atoms with Gasteiger partial charge in [0, 0.05) is 23.3 Å². The molecule has 0 unspecified atom stereocenters. The van der Waals surface area contributed by atoms with E-state index in [0.29, 0.717) is 11.5 Å². The summed E-state index contributed by atoms with van der Waals surface area (Å²) in [5.41, 5.74) is 13.0. The largest absolute Gasteiger partial charge is 0.451 e. The van der Waals surface area contributed by atoms with Gasteiger partial charge in [-0.15, -0.1) is 0 Å². The zero-order valence-electron chi connectivity index (χ0n) is 28.9. The van der Waals surface area contributed by atoms with Gasteiger partial charge in [0.2, 0.25) is 0 Å². The maximum Gasteiger partial charge on any atom is 0.169 e. The molecule has 5 heterocycles. The van der Waals surface area contributed by atoms with Crippen molar-refractivity contribution in [2.24, 2.45) is 0 Å². The fraction of sp³-hybridized carbons (Fsp3) is 0.0667. The smallest absolute Gasteiger partial charge is 0.169 e. The van der Waals surface area contributed by atoms with Crippen molar-refractivity contribution >= 4 is 28.0 Å². The average Bonchev–Trinajstić information content (AvgIpc) is 3.18. The van der Waals surface area contributed by atoms with Crippen molar-refractivity contribution < 1.29 is 9.47 Å². The van der Waals surface area contributed by atoms with Crippen LogP contribution in [0.15, 0.2) is 146 Å². The molecule has 3 aromatic heterocycles. The number of rotatable bonds is 3. The topological polar surface area (TPSA) is 73.3 Å². The van der Waals surface area contributed by atoms with E-state index in [0.717, 1.165) is 67.7 Å². The number of aromatic nitrogens is 4. The molecule has 10 rings (SSSR count). The van der Waals surface area contributed by atoms with Crippen LogP contribution in [0, 0.1) is 20.8 Å². The lowest BCUT2D eigenvalue weighted by molar-refractivity contribution is 0.444. The molecular weight excluding hydrogens is 643 g/mol. The Hall–Kier alpha value is -6.86. The van der Waals surface area contributed by atoms with E-state index in [2.05, 4.69) is 111 Å². The third kappa shape index (κ3) is 5.49. The van der Waals surface area contributed by atoms with Crippen molar-refractivity contribution in [2.75, 3.05) is 4.90 Å². The van der Waals surface area contributed by atoms with Gasteiger partial charge in [0.05, 0.1) is 35.0 Å². The van der Waals surface area contributed by atoms with Gasteiger partial charge in [0.25, 0.3) is 0 Å². The Balaban J connectivity index is 0.000000177. The normalized spacial score (nSPS) is 12.0. The van der Waals surface area contributed by atoms with Crippen molar-refractivity contribution in [3.63, 3.8) is 0 Å². The molecule has 0 aliphatic carbocycles. The number of hydrogen-bond acceptors (Lipinski definition) is 7. The number of benzene rings is 5. The minimum absolute atomic E-state index is 0.706. The van der Waals surface area contributed by atoms with E-state index < -0.39 is 0 Å². The summed E-state index contributed by atoms with van der Waals surface area (Å²) in [7, 11) is 0. The summed E-state index contributed by atoms with van der Waals surface area (Å²) in [6.07, 6.45) is 7.06. The van der Waals surface area contributed by atoms with E-state index in [-0.39, 0.29) is 0 Å². The summed E-state index contributed by atoms with van der Waals surface area (Å²) >= 11 is 0. The number of hydrogen-bond donors (Lipinski definition) is 0. The molecule has 52 heavy (non-hydrogen) atoms. The maximum absolute atomic E-state index is 6.36. The molecule has 5 aromatic carbocycles. The van der Waals surface area contributed by atoms with Gasteiger partial charge < -0.3 is 9.47 Å². The van der Waals surface area contributed by atoms with Gasteiger partial charge in [-0.3, -0.25) is 14.9 Å². The van der Waals surface area contributed by atoms with Gasteiger partial charge in [0.15, 0.2) is 23.0 Å². The highest BCUT2D eigenvalue weighted by molar-refractivity contribution is 5.95. The molecule has 0 N–H and O–H groups in total. The molecule has 0 saturated heterocycles. The molecular formula is C45H33N5O2. The van der Waals surface area contributed by atoms with Crippen LogP contribution in [-0.2, 0) is 0 Å². The number of para-hydroxylation sites is 1. The van der Waals surface area contributed by atoms with Crippen molar-refractivity contribution in [3.05, 3.63) is 163 Å². The summed E-state index contributed by atoms with van der Waals surface area (Å²) in [6, 6.07) is 41.5. The lowest BCUT2D eigenvalue weighted by Gasteiger charge is -2.37. The molecule has 7 heteroatoms. The third-order valence-electron chi connectivity index (χ3n) is 9.48. The first-order valence-corrected chi connectivity index (χ1v) is 17.2. The van der Waals surface area contributed by atoms with Gasteiger partial charge in [0.1, 0.15) is 11.5 Å². The standard InChI is InChI=1S/C30H21N3O2.C15H12N2/c1-18-5-3-4-6-22(18)23-13-20(8-7-19(23)2)21-14-26-30-27(15-21)35-29-17-32-12-10-25(29)33(30)24-9-11-31-16-28(24)34-26;1-11-16-14-10-6-5-9-13(14)15(17-11)12-7-3-2-4-8-12/h3-17H,1-2H3;2-10H,1H3. The highest BCUT2D eigenvalue weighted by atomic mass is 16.5. The van der Waals surface area contributed by atoms with Gasteiger partial charge in [-0.1, -0.05) is 84.9 Å². The Bertz CT molecular complexity index is 2570. The number of ether oxygens (including phenoxy) is 2. The summed E-state index contributed by atoms with van der Waals surface area (Å²) in [5, 5.41) is 1.10. The molecule has 0 amide bonds. The van der Waals surface area contributed by atoms with Crippen LogP contribution >= 0.6 is 0 Å². The lowest BCUT2D eigenvalue weighted by atomic mass is 9.92. The average molecular weight is 676 g/mol. The van der Waals surface area contributed by atoms with E-state index in [4.69, 9.17) is 9.47 Å². The van der Waals surface area contributed by atoms with Crippen LogP contribution in [0.25, 0.3) is 44.4 Å². The summed E-state index contributed by atoms with van der Waals surface area (Å²) in [4.78, 5) is 19.8. The molecule has 2 aliphatic rings. The van der Waals surface area contributed by atoms with Crippen LogP contribution < -0.4 is 14.4 Å². The Morgan fingerprint density at radius 1 is 0.500 bits per heavy atom. The summed E-state index contributed by atoms with van der Waals surface area (Å²) < 4.78 is 12.7. The first-order chi connectivity index (χ1) is 25.5. The Kier molecular flexibility index (Phi) is 7.66. The van der Waals surface area contributed by atoms with Crippen LogP contribution in [-0.4, -0.2) is 19.9 Å². The van der Waals surface area contributed by atoms with E-state index in [1.54, 1.807) is 24.8 Å². The van der Waals surface area contributed by atoms with Crippen LogP contribution in [0.1, 0.15) is 17.0 Å². The Morgan fingerprint density at radius 2 is 1.13 bits per heavy atom. The SMILES string of the molecule is Cc1ccccc1-c1cc(-c2cc3c4c(c2)Oc2cnccc2N4c2ccncc2O3)ccc1C.Cc1nc(-c2ccccc2)c2ccccc2n1. The molecule has 0 saturated carbocycles. The molecule has 0 spiro atoms. The predicted molar refractivity (Wildman–Crippen MR) is 207 cm³/mol. The number of fused-ring (bicyclic) bond motifs is 5. The van der Waals surface area contributed by atoms with Crippen LogP contribution in [0.3, 0.4) is 0 Å². The fourth-order valence-electron chi connectivity index (χ4n) is 6.98. The Morgan fingerprint density at radius 3 is 1.85 bits per heavy atom. The third-order valence-corrected chi connectivity index (χ3v) is 9.48. The zero-order valence-corrected chi connectivity index (χ0v) is 28.9. The number of nitrogens with zero attached hydrogens (tertiary/aromatic N) is 5. The zero-order chi connectivity index (χ0) is 35.2. The first kappa shape index (κ1) is 31.1. The number of pyridine rings is 2. The molecule has 0 radical (unpaired) electrons. The molecule has 7 nitrogen and oxygen atoms in total. The van der Waals surface area contributed by atoms with E-state index in [1.165, 1.54) is 22.3 Å². The fourth-order valence-corrected chi connectivity index (χ4v) is 6.98. The van der Waals surface area contributed by atoms with Crippen molar-refractivity contribution in [1.29, 1.82) is 0 Å². The molecule has 8 aromatic rings. The minimum Gasteiger partial charge on any atom is -0.451 e. The number of anilines is 3. The molecule has 0 bridgehead atoms. The second kappa shape index (κ2) is 12.8. The maximum atomic E-state index is 6.36. The minimum atomic E-state index is 0.706. The van der Waals surface area contributed by atoms with Gasteiger partial charge >= 0.3 is 0 Å². The van der Waals surface area contributed by atoms with Crippen LogP contribution in [0.2, 0.25) is 0 Å². The van der Waals surface area contributed by atoms with E-state index in [1.807, 2.05) is 55.5 Å². The second-order valence-electron chi connectivity index (χ2n) is 12.9. The van der Waals surface area contributed by atoms with Crippen molar-refractivity contribution in [3.8, 4) is 56.5 Å². The highest BCUT2D eigenvalue weighted by Crippen LogP contribution is 2.60. The number of aryl methyl sites for hydroxylation is 3. The van der Waals surface area contributed by atoms with Gasteiger partial charge in [-0.25, -0.2) is 9.97 Å². The molecule has 0 atom stereocenters. The monoisotopic (exact) mass is 675 g/mol. The molecule has 2 aliphatic heterocycles. The second-order valence-corrected chi connectivity index (χ2v) is 12.9. The van der Waals surface area contributed by atoms with Crippen LogP contribution in [0.5, 0.6) is 23.0 Å².